The van der Waals surface area contributed by atoms with E-state index in [2.05, 4.69) is 52.6 Å². The molecule has 3 N–H and O–H groups in total. The molecule has 0 saturated heterocycles. The third-order valence-corrected chi connectivity index (χ3v) is 6.67. The maximum Gasteiger partial charge on any atom is 0.255 e. The fourth-order valence-electron chi connectivity index (χ4n) is 4.56. The van der Waals surface area contributed by atoms with Crippen molar-refractivity contribution in [3.8, 4) is 22.3 Å². The third kappa shape index (κ3) is 5.20. The van der Waals surface area contributed by atoms with E-state index in [4.69, 9.17) is 0 Å². The Morgan fingerprint density at radius 2 is 1.66 bits per heavy atom. The maximum atomic E-state index is 12.9. The molecule has 6 heteroatoms. The summed E-state index contributed by atoms with van der Waals surface area (Å²) in [7, 11) is 0. The van der Waals surface area contributed by atoms with E-state index in [9.17, 15) is 9.59 Å². The van der Waals surface area contributed by atoms with Crippen molar-refractivity contribution in [3.05, 3.63) is 102 Å². The molecule has 0 aliphatic rings. The quantitative estimate of drug-likeness (QED) is 0.224. The topological polar surface area (TPSA) is 86.9 Å². The number of hydrogen-bond acceptors (Lipinski definition) is 3. The molecule has 0 radical (unpaired) electrons. The molecule has 0 aliphatic heterocycles. The third-order valence-electron chi connectivity index (χ3n) is 6.67. The minimum absolute atomic E-state index is 0.111. The molecule has 0 fully saturated rings. The Bertz CT molecular complexity index is 1650. The number of aromatic nitrogens is 2. The summed E-state index contributed by atoms with van der Waals surface area (Å²) in [6.45, 7) is 7.82. The zero-order chi connectivity index (χ0) is 26.8. The van der Waals surface area contributed by atoms with Gasteiger partial charge in [-0.1, -0.05) is 50.2 Å². The summed E-state index contributed by atoms with van der Waals surface area (Å²) >= 11 is 0. The molecular weight excluding hydrogens is 472 g/mol. The van der Waals surface area contributed by atoms with Gasteiger partial charge in [-0.15, -0.1) is 0 Å². The number of nitrogens with one attached hydrogen (secondary N) is 3. The zero-order valence-corrected chi connectivity index (χ0v) is 21.9. The van der Waals surface area contributed by atoms with Crippen LogP contribution in [0.15, 0.2) is 85.2 Å². The van der Waals surface area contributed by atoms with Crippen molar-refractivity contribution < 1.29 is 9.59 Å². The predicted molar refractivity (Wildman–Crippen MR) is 154 cm³/mol. The minimum atomic E-state index is -0.140. The second-order valence-electron chi connectivity index (χ2n) is 9.85. The van der Waals surface area contributed by atoms with E-state index in [1.807, 2.05) is 73.9 Å². The number of aryl methyl sites for hydroxylation is 1. The second-order valence-corrected chi connectivity index (χ2v) is 9.85. The Kier molecular flexibility index (Phi) is 6.79. The highest BCUT2D eigenvalue weighted by Crippen LogP contribution is 2.32. The summed E-state index contributed by atoms with van der Waals surface area (Å²) < 4.78 is 0. The standard InChI is InChI=1S/C32H30N4O2/c1-19(2)24-12-13-30(20(3)14-24)36-32(38)23-10-8-22(9-11-23)29-18-34-31-28(29)16-26(17-33-31)25-6-5-7-27(15-25)35-21(4)37/h5-19H,1-4H3,(H,33,34)(H,35,37)(H,36,38). The van der Waals surface area contributed by atoms with Crippen LogP contribution in [0.1, 0.15) is 48.2 Å². The number of H-pyrrole nitrogens is 1. The van der Waals surface area contributed by atoms with Crippen molar-refractivity contribution >= 4 is 34.2 Å². The van der Waals surface area contributed by atoms with Crippen LogP contribution in [0.5, 0.6) is 0 Å². The first-order valence-corrected chi connectivity index (χ1v) is 12.7. The van der Waals surface area contributed by atoms with Gasteiger partial charge in [-0.3, -0.25) is 9.59 Å². The van der Waals surface area contributed by atoms with E-state index >= 15 is 0 Å². The lowest BCUT2D eigenvalue weighted by atomic mass is 10.00. The van der Waals surface area contributed by atoms with E-state index in [1.54, 1.807) is 0 Å². The van der Waals surface area contributed by atoms with Crippen LogP contribution in [0.4, 0.5) is 11.4 Å². The van der Waals surface area contributed by atoms with E-state index < -0.39 is 0 Å². The fourth-order valence-corrected chi connectivity index (χ4v) is 4.56. The molecule has 190 valence electrons. The van der Waals surface area contributed by atoms with Gasteiger partial charge in [-0.25, -0.2) is 4.98 Å². The zero-order valence-electron chi connectivity index (χ0n) is 21.9. The molecule has 3 aromatic carbocycles. The number of benzene rings is 3. The lowest BCUT2D eigenvalue weighted by molar-refractivity contribution is -0.114. The highest BCUT2D eigenvalue weighted by Gasteiger charge is 2.13. The molecule has 0 saturated carbocycles. The molecule has 0 aliphatic carbocycles. The van der Waals surface area contributed by atoms with Gasteiger partial charge in [0.25, 0.3) is 5.91 Å². The van der Waals surface area contributed by atoms with Gasteiger partial charge in [0.2, 0.25) is 5.91 Å². The largest absolute Gasteiger partial charge is 0.346 e. The normalized spacial score (nSPS) is 11.1. The van der Waals surface area contributed by atoms with Gasteiger partial charge in [-0.05, 0) is 71.5 Å². The average Bonchev–Trinajstić information content (AvgIpc) is 3.33. The molecule has 0 spiro atoms. The van der Waals surface area contributed by atoms with Gasteiger partial charge in [0.05, 0.1) is 0 Å². The number of aromatic amines is 1. The van der Waals surface area contributed by atoms with Crippen LogP contribution in [0.3, 0.4) is 0 Å². The molecule has 2 amide bonds. The number of carbonyl (C=O) groups is 2. The number of anilines is 2. The predicted octanol–water partition coefficient (Wildman–Crippen LogP) is 7.54. The van der Waals surface area contributed by atoms with Gasteiger partial charge in [0.1, 0.15) is 5.65 Å². The number of fused-ring (bicyclic) bond motifs is 1. The summed E-state index contributed by atoms with van der Waals surface area (Å²) in [6, 6.07) is 23.5. The van der Waals surface area contributed by atoms with Gasteiger partial charge in [-0.2, -0.15) is 0 Å². The Morgan fingerprint density at radius 1 is 0.868 bits per heavy atom. The Hall–Kier alpha value is -4.71. The highest BCUT2D eigenvalue weighted by molar-refractivity contribution is 6.05. The van der Waals surface area contributed by atoms with Gasteiger partial charge >= 0.3 is 0 Å². The second kappa shape index (κ2) is 10.3. The summed E-state index contributed by atoms with van der Waals surface area (Å²) in [5.41, 5.74) is 9.12. The number of amides is 2. The first-order chi connectivity index (χ1) is 18.3. The van der Waals surface area contributed by atoms with Crippen molar-refractivity contribution in [2.75, 3.05) is 10.6 Å². The van der Waals surface area contributed by atoms with E-state index in [0.717, 1.165) is 50.2 Å². The number of hydrogen-bond donors (Lipinski definition) is 3. The number of carbonyl (C=O) groups excluding carboxylic acids is 2. The van der Waals surface area contributed by atoms with Gasteiger partial charge in [0, 0.05) is 52.8 Å². The summed E-state index contributed by atoms with van der Waals surface area (Å²) in [6.07, 6.45) is 3.75. The Balaban J connectivity index is 1.39. The average molecular weight is 503 g/mol. The van der Waals surface area contributed by atoms with Crippen LogP contribution in [0.2, 0.25) is 0 Å². The molecule has 6 nitrogen and oxygen atoms in total. The summed E-state index contributed by atoms with van der Waals surface area (Å²) in [5.74, 6) is 0.189. The Morgan fingerprint density at radius 3 is 2.37 bits per heavy atom. The lowest BCUT2D eigenvalue weighted by Gasteiger charge is -2.12. The van der Waals surface area contributed by atoms with Crippen LogP contribution < -0.4 is 10.6 Å². The molecule has 0 atom stereocenters. The Labute approximate surface area is 222 Å². The lowest BCUT2D eigenvalue weighted by Crippen LogP contribution is -2.12. The molecule has 0 bridgehead atoms. The first kappa shape index (κ1) is 25.0. The summed E-state index contributed by atoms with van der Waals surface area (Å²) in [4.78, 5) is 32.2. The van der Waals surface area contributed by atoms with Gasteiger partial charge < -0.3 is 15.6 Å². The van der Waals surface area contributed by atoms with Crippen molar-refractivity contribution in [3.63, 3.8) is 0 Å². The molecule has 5 aromatic rings. The van der Waals surface area contributed by atoms with Crippen LogP contribution >= 0.6 is 0 Å². The molecule has 0 unspecified atom stereocenters. The van der Waals surface area contributed by atoms with E-state index in [0.29, 0.717) is 11.5 Å². The highest BCUT2D eigenvalue weighted by atomic mass is 16.2. The van der Waals surface area contributed by atoms with E-state index in [-0.39, 0.29) is 11.8 Å². The van der Waals surface area contributed by atoms with Gasteiger partial charge in [0.15, 0.2) is 0 Å². The van der Waals surface area contributed by atoms with Crippen molar-refractivity contribution in [2.45, 2.75) is 33.6 Å². The molecule has 2 aromatic heterocycles. The number of pyridine rings is 1. The smallest absolute Gasteiger partial charge is 0.255 e. The maximum absolute atomic E-state index is 12.9. The molecular formula is C32H30N4O2. The molecule has 5 rings (SSSR count). The van der Waals surface area contributed by atoms with Crippen molar-refractivity contribution in [1.82, 2.24) is 9.97 Å². The SMILES string of the molecule is CC(=O)Nc1cccc(-c2cnc3[nH]cc(-c4ccc(C(=O)Nc5ccc(C(C)C)cc5C)cc4)c3c2)c1. The first-order valence-electron chi connectivity index (χ1n) is 12.7. The van der Waals surface area contributed by atoms with Crippen LogP contribution in [0, 0.1) is 6.92 Å². The summed E-state index contributed by atoms with van der Waals surface area (Å²) in [5, 5.41) is 6.84. The number of rotatable bonds is 6. The number of nitrogens with zero attached hydrogens (tertiary/aromatic N) is 1. The molecule has 38 heavy (non-hydrogen) atoms. The fraction of sp³-hybridized carbons (Fsp3) is 0.156. The van der Waals surface area contributed by atoms with Crippen LogP contribution in [-0.4, -0.2) is 21.8 Å². The van der Waals surface area contributed by atoms with E-state index in [1.165, 1.54) is 12.5 Å². The molecule has 2 heterocycles. The monoisotopic (exact) mass is 502 g/mol. The van der Waals surface area contributed by atoms with Crippen LogP contribution in [-0.2, 0) is 4.79 Å². The van der Waals surface area contributed by atoms with Crippen molar-refractivity contribution in [2.24, 2.45) is 0 Å². The van der Waals surface area contributed by atoms with Crippen LogP contribution in [0.25, 0.3) is 33.3 Å². The minimum Gasteiger partial charge on any atom is -0.346 e. The van der Waals surface area contributed by atoms with Crippen molar-refractivity contribution in [1.29, 1.82) is 0 Å².